The van der Waals surface area contributed by atoms with Crippen molar-refractivity contribution in [3.05, 3.63) is 67.1 Å². The summed E-state index contributed by atoms with van der Waals surface area (Å²) in [5.74, 6) is 0.592. The van der Waals surface area contributed by atoms with Gasteiger partial charge in [0.1, 0.15) is 5.75 Å². The first-order valence-electron chi connectivity index (χ1n) is 11.3. The van der Waals surface area contributed by atoms with Crippen molar-refractivity contribution in [3.63, 3.8) is 0 Å². The summed E-state index contributed by atoms with van der Waals surface area (Å²) in [7, 11) is 0. The zero-order valence-electron chi connectivity index (χ0n) is 18.8. The average Bonchev–Trinajstić information content (AvgIpc) is 3.24. The number of pyridine rings is 3. The summed E-state index contributed by atoms with van der Waals surface area (Å²) >= 11 is 5.37. The molecule has 1 amide bonds. The van der Waals surface area contributed by atoms with Crippen LogP contribution in [0.25, 0.3) is 33.4 Å². The van der Waals surface area contributed by atoms with E-state index in [9.17, 15) is 4.79 Å². The van der Waals surface area contributed by atoms with E-state index in [1.54, 1.807) is 18.6 Å². The van der Waals surface area contributed by atoms with Crippen LogP contribution in [0, 0.1) is 0 Å². The fourth-order valence-corrected chi connectivity index (χ4v) is 4.17. The van der Waals surface area contributed by atoms with Crippen molar-refractivity contribution in [1.29, 1.82) is 0 Å². The molecule has 0 radical (unpaired) electrons. The first-order chi connectivity index (χ1) is 17.1. The highest BCUT2D eigenvalue weighted by Crippen LogP contribution is 2.32. The van der Waals surface area contributed by atoms with Gasteiger partial charge < -0.3 is 15.2 Å². The van der Waals surface area contributed by atoms with Crippen molar-refractivity contribution in [2.24, 2.45) is 0 Å². The number of rotatable bonds is 8. The van der Waals surface area contributed by atoms with Gasteiger partial charge in [0.25, 0.3) is 5.91 Å². The van der Waals surface area contributed by atoms with Crippen LogP contribution >= 0.6 is 12.2 Å². The second-order valence-electron chi connectivity index (χ2n) is 8.04. The van der Waals surface area contributed by atoms with Crippen LogP contribution in [-0.4, -0.2) is 50.8 Å². The number of hydrogen-bond acceptors (Lipinski definition) is 7. The number of ether oxygens (including phenoxy) is 1. The lowest BCUT2D eigenvalue weighted by atomic mass is 10.0. The maximum Gasteiger partial charge on any atom is 0.252 e. The Bertz CT molecular complexity index is 1360. The molecule has 0 unspecified atom stereocenters. The third-order valence-electron chi connectivity index (χ3n) is 5.71. The summed E-state index contributed by atoms with van der Waals surface area (Å²) in [5.41, 5.74) is 4.83. The summed E-state index contributed by atoms with van der Waals surface area (Å²) < 4.78 is 5.65. The van der Waals surface area contributed by atoms with E-state index in [0.29, 0.717) is 23.2 Å². The van der Waals surface area contributed by atoms with Crippen LogP contribution in [0.2, 0.25) is 0 Å². The quantitative estimate of drug-likeness (QED) is 0.288. The number of carbonyl (C=O) groups excluding carboxylic acids is 1. The predicted octanol–water partition coefficient (Wildman–Crippen LogP) is 3.73. The summed E-state index contributed by atoms with van der Waals surface area (Å²) in [5, 5.41) is 12.9. The lowest BCUT2D eigenvalue weighted by Crippen LogP contribution is -2.30. The first kappa shape index (κ1) is 22.8. The van der Waals surface area contributed by atoms with Gasteiger partial charge in [-0.25, -0.2) is 4.98 Å². The maximum absolute atomic E-state index is 12.5. The lowest BCUT2D eigenvalue weighted by Gasteiger charge is -2.18. The van der Waals surface area contributed by atoms with Crippen LogP contribution in [0.1, 0.15) is 12.8 Å². The summed E-state index contributed by atoms with van der Waals surface area (Å²) in [6.07, 6.45) is 6.61. The minimum absolute atomic E-state index is 0.112. The van der Waals surface area contributed by atoms with Gasteiger partial charge in [-0.1, -0.05) is 24.3 Å². The van der Waals surface area contributed by atoms with E-state index >= 15 is 0 Å². The summed E-state index contributed by atoms with van der Waals surface area (Å²) in [6, 6.07) is 15.5. The fraction of sp³-hybridized carbons (Fsp3) is 0.192. The number of unbranched alkanes of at least 4 members (excludes halogenated alkanes) is 1. The monoisotopic (exact) mass is 485 g/mol. The normalized spacial score (nSPS) is 13.3. The van der Waals surface area contributed by atoms with Crippen molar-refractivity contribution < 1.29 is 14.6 Å². The zero-order chi connectivity index (χ0) is 24.2. The molecule has 9 heteroatoms. The molecular weight excluding hydrogens is 462 g/mol. The molecule has 5 rings (SSSR count). The van der Waals surface area contributed by atoms with Crippen molar-refractivity contribution in [2.75, 3.05) is 24.7 Å². The molecule has 8 nitrogen and oxygen atoms in total. The van der Waals surface area contributed by atoms with Crippen molar-refractivity contribution in [1.82, 2.24) is 20.3 Å². The highest BCUT2D eigenvalue weighted by molar-refractivity contribution is 7.80. The number of anilines is 1. The van der Waals surface area contributed by atoms with Crippen LogP contribution in [-0.2, 0) is 4.79 Å². The number of fused-ring (bicyclic) bond motifs is 1. The van der Waals surface area contributed by atoms with Gasteiger partial charge in [-0.2, -0.15) is 0 Å². The Hall–Kier alpha value is -3.95. The van der Waals surface area contributed by atoms with Gasteiger partial charge in [0, 0.05) is 35.5 Å². The Kier molecular flexibility index (Phi) is 6.60. The average molecular weight is 486 g/mol. The molecule has 1 fully saturated rings. The van der Waals surface area contributed by atoms with E-state index in [1.165, 1.54) is 4.90 Å². The Balaban J connectivity index is 1.41. The highest BCUT2D eigenvalue weighted by Gasteiger charge is 2.29. The van der Waals surface area contributed by atoms with Crippen LogP contribution in [0.4, 0.5) is 5.69 Å². The van der Waals surface area contributed by atoms with Gasteiger partial charge in [-0.05, 0) is 49.3 Å². The van der Waals surface area contributed by atoms with E-state index in [1.807, 2.05) is 48.5 Å². The van der Waals surface area contributed by atoms with Crippen LogP contribution < -0.4 is 15.0 Å². The Morgan fingerprint density at radius 1 is 1.03 bits per heavy atom. The number of nitrogens with one attached hydrogen (secondary N) is 1. The second kappa shape index (κ2) is 10.1. The molecule has 3 aromatic heterocycles. The van der Waals surface area contributed by atoms with E-state index in [2.05, 4.69) is 15.3 Å². The highest BCUT2D eigenvalue weighted by atomic mass is 32.1. The SMILES string of the molecule is O=C1CNC(=S)N1c1cc(-c2ccc(-c3ccc(OCCCCO)cn3)cc2)nc2ccncc12. The van der Waals surface area contributed by atoms with Crippen molar-refractivity contribution in [2.45, 2.75) is 12.8 Å². The lowest BCUT2D eigenvalue weighted by molar-refractivity contribution is -0.115. The molecule has 0 aliphatic carbocycles. The number of aliphatic hydroxyl groups is 1. The number of carbonyl (C=O) groups is 1. The van der Waals surface area contributed by atoms with Gasteiger partial charge in [0.05, 0.1) is 41.9 Å². The van der Waals surface area contributed by atoms with Gasteiger partial charge in [0.2, 0.25) is 0 Å². The topological polar surface area (TPSA) is 100 Å². The minimum atomic E-state index is -0.112. The van der Waals surface area contributed by atoms with E-state index in [4.69, 9.17) is 27.0 Å². The van der Waals surface area contributed by atoms with Gasteiger partial charge in [-0.3, -0.25) is 19.7 Å². The smallest absolute Gasteiger partial charge is 0.252 e. The van der Waals surface area contributed by atoms with Crippen molar-refractivity contribution >= 4 is 39.8 Å². The fourth-order valence-electron chi connectivity index (χ4n) is 3.90. The largest absolute Gasteiger partial charge is 0.492 e. The number of aromatic nitrogens is 3. The number of aliphatic hydroxyl groups excluding tert-OH is 1. The molecule has 0 saturated carbocycles. The molecule has 4 heterocycles. The van der Waals surface area contributed by atoms with Gasteiger partial charge in [-0.15, -0.1) is 0 Å². The summed E-state index contributed by atoms with van der Waals surface area (Å²) in [4.78, 5) is 27.5. The van der Waals surface area contributed by atoms with Gasteiger partial charge >= 0.3 is 0 Å². The Morgan fingerprint density at radius 3 is 2.51 bits per heavy atom. The number of benzene rings is 1. The molecule has 0 bridgehead atoms. The molecule has 176 valence electrons. The maximum atomic E-state index is 12.5. The Morgan fingerprint density at radius 2 is 1.83 bits per heavy atom. The molecule has 35 heavy (non-hydrogen) atoms. The zero-order valence-corrected chi connectivity index (χ0v) is 19.7. The van der Waals surface area contributed by atoms with Crippen LogP contribution in [0.5, 0.6) is 5.75 Å². The van der Waals surface area contributed by atoms with Crippen molar-refractivity contribution in [3.8, 4) is 28.3 Å². The molecule has 1 aliphatic rings. The molecule has 2 N–H and O–H groups in total. The molecule has 1 saturated heterocycles. The first-order valence-corrected chi connectivity index (χ1v) is 11.7. The van der Waals surface area contributed by atoms with E-state index in [0.717, 1.165) is 46.3 Å². The standard InChI is InChI=1S/C26H23N5O3S/c32-11-1-2-12-34-19-7-8-21(28-14-19)17-3-5-18(6-4-17)23-13-24(31-25(33)16-29-26(31)35)20-15-27-10-9-22(20)30-23/h3-10,13-15,32H,1-2,11-12,16H2,(H,29,35). The minimum Gasteiger partial charge on any atom is -0.492 e. The van der Waals surface area contributed by atoms with Gasteiger partial charge in [0.15, 0.2) is 5.11 Å². The molecule has 0 spiro atoms. The predicted molar refractivity (Wildman–Crippen MR) is 138 cm³/mol. The second-order valence-corrected chi connectivity index (χ2v) is 8.43. The molecule has 0 atom stereocenters. The van der Waals surface area contributed by atoms with E-state index in [-0.39, 0.29) is 19.1 Å². The molecular formula is C26H23N5O3S. The third kappa shape index (κ3) is 4.82. The van der Waals surface area contributed by atoms with Crippen LogP contribution in [0.15, 0.2) is 67.1 Å². The number of thiocarbonyl (C=S) groups is 1. The van der Waals surface area contributed by atoms with Crippen LogP contribution in [0.3, 0.4) is 0 Å². The summed E-state index contributed by atoms with van der Waals surface area (Å²) in [6.45, 7) is 0.897. The van der Waals surface area contributed by atoms with E-state index < -0.39 is 0 Å². The molecule has 4 aromatic rings. The molecule has 1 aliphatic heterocycles. The Labute approximate surface area is 207 Å². The number of hydrogen-bond donors (Lipinski definition) is 2. The number of nitrogens with zero attached hydrogens (tertiary/aromatic N) is 4. The molecule has 1 aromatic carbocycles. The number of amides is 1. The third-order valence-corrected chi connectivity index (χ3v) is 6.03.